The Morgan fingerprint density at radius 3 is 3.05 bits per heavy atom. The summed E-state index contributed by atoms with van der Waals surface area (Å²) >= 11 is 0. The number of H-pyrrole nitrogens is 1. The summed E-state index contributed by atoms with van der Waals surface area (Å²) < 4.78 is 0. The molecule has 0 bridgehead atoms. The van der Waals surface area contributed by atoms with Gasteiger partial charge in [-0.15, -0.1) is 0 Å². The number of amides is 1. The Morgan fingerprint density at radius 2 is 2.42 bits per heavy atom. The molecule has 2 atom stereocenters. The molecule has 2 unspecified atom stereocenters. The minimum Gasteiger partial charge on any atom is -0.337 e. The summed E-state index contributed by atoms with van der Waals surface area (Å²) in [6.45, 7) is 7.03. The molecule has 1 aromatic heterocycles. The normalized spacial score (nSPS) is 23.6. The van der Waals surface area contributed by atoms with Gasteiger partial charge in [-0.25, -0.2) is 0 Å². The number of likely N-dealkylation sites (tertiary alicyclic amines) is 1. The highest BCUT2D eigenvalue weighted by Crippen LogP contribution is 2.21. The topological polar surface area (TPSA) is 73.9 Å². The van der Waals surface area contributed by atoms with Gasteiger partial charge in [0.05, 0.1) is 6.20 Å². The quantitative estimate of drug-likeness (QED) is 0.834. The molecule has 2 heterocycles. The van der Waals surface area contributed by atoms with Gasteiger partial charge < -0.3 is 10.2 Å². The molecule has 6 nitrogen and oxygen atoms in total. The molecule has 6 heteroatoms. The summed E-state index contributed by atoms with van der Waals surface area (Å²) in [5, 5.41) is 13.7. The summed E-state index contributed by atoms with van der Waals surface area (Å²) in [6, 6.07) is 0.534. The number of rotatable bonds is 5. The lowest BCUT2D eigenvalue weighted by molar-refractivity contribution is 0.0621. The Labute approximate surface area is 113 Å². The summed E-state index contributed by atoms with van der Waals surface area (Å²) in [7, 11) is 0. The Hall–Kier alpha value is -1.43. The van der Waals surface area contributed by atoms with Crippen molar-refractivity contribution in [3.05, 3.63) is 11.9 Å². The highest BCUT2D eigenvalue weighted by molar-refractivity contribution is 5.91. The van der Waals surface area contributed by atoms with Crippen molar-refractivity contribution < 1.29 is 4.79 Å². The zero-order valence-electron chi connectivity index (χ0n) is 11.7. The third-order valence-corrected chi connectivity index (χ3v) is 3.84. The maximum atomic E-state index is 12.2. The van der Waals surface area contributed by atoms with E-state index < -0.39 is 0 Å². The molecule has 0 aromatic carbocycles. The van der Waals surface area contributed by atoms with Crippen LogP contribution in [0.5, 0.6) is 0 Å². The van der Waals surface area contributed by atoms with Crippen molar-refractivity contribution in [1.82, 2.24) is 25.6 Å². The van der Waals surface area contributed by atoms with Gasteiger partial charge in [0, 0.05) is 19.1 Å². The van der Waals surface area contributed by atoms with Crippen LogP contribution in [0.25, 0.3) is 0 Å². The van der Waals surface area contributed by atoms with Crippen molar-refractivity contribution in [1.29, 1.82) is 0 Å². The molecule has 0 saturated carbocycles. The Kier molecular flexibility index (Phi) is 4.90. The molecule has 1 saturated heterocycles. The van der Waals surface area contributed by atoms with Crippen LogP contribution >= 0.6 is 0 Å². The van der Waals surface area contributed by atoms with E-state index in [9.17, 15) is 4.79 Å². The fraction of sp³-hybridized carbons (Fsp3) is 0.769. The third-order valence-electron chi connectivity index (χ3n) is 3.84. The monoisotopic (exact) mass is 265 g/mol. The first kappa shape index (κ1) is 14.0. The number of aromatic nitrogens is 3. The van der Waals surface area contributed by atoms with Crippen LogP contribution in [0.2, 0.25) is 0 Å². The lowest BCUT2D eigenvalue weighted by atomic mass is 9.89. The fourth-order valence-electron chi connectivity index (χ4n) is 2.70. The Morgan fingerprint density at radius 1 is 1.58 bits per heavy atom. The van der Waals surface area contributed by atoms with Gasteiger partial charge in [-0.1, -0.05) is 20.3 Å². The van der Waals surface area contributed by atoms with Crippen LogP contribution in [0.4, 0.5) is 0 Å². The molecule has 1 aromatic rings. The van der Waals surface area contributed by atoms with E-state index in [4.69, 9.17) is 0 Å². The maximum absolute atomic E-state index is 12.2. The predicted octanol–water partition coefficient (Wildman–Crippen LogP) is 1.04. The zero-order valence-corrected chi connectivity index (χ0v) is 11.7. The maximum Gasteiger partial charge on any atom is 0.276 e. The van der Waals surface area contributed by atoms with Gasteiger partial charge in [-0.3, -0.25) is 4.79 Å². The molecule has 0 radical (unpaired) electrons. The van der Waals surface area contributed by atoms with Crippen LogP contribution in [0, 0.1) is 5.92 Å². The molecule has 1 aliphatic heterocycles. The molecule has 19 heavy (non-hydrogen) atoms. The molecule has 1 aliphatic rings. The first-order valence-corrected chi connectivity index (χ1v) is 7.14. The Bertz CT molecular complexity index is 392. The van der Waals surface area contributed by atoms with Gasteiger partial charge in [0.25, 0.3) is 5.91 Å². The Balaban J connectivity index is 1.94. The van der Waals surface area contributed by atoms with E-state index in [1.165, 1.54) is 6.20 Å². The van der Waals surface area contributed by atoms with Crippen LogP contribution in [-0.2, 0) is 0 Å². The molecule has 1 fully saturated rings. The number of piperidine rings is 1. The van der Waals surface area contributed by atoms with Gasteiger partial charge in [-0.2, -0.15) is 15.4 Å². The van der Waals surface area contributed by atoms with Gasteiger partial charge >= 0.3 is 0 Å². The lowest BCUT2D eigenvalue weighted by Crippen LogP contribution is -2.51. The molecule has 1 amide bonds. The van der Waals surface area contributed by atoms with Crippen LogP contribution in [0.3, 0.4) is 0 Å². The van der Waals surface area contributed by atoms with Crippen molar-refractivity contribution >= 4 is 5.91 Å². The van der Waals surface area contributed by atoms with Crippen molar-refractivity contribution in [3.8, 4) is 0 Å². The molecule has 2 rings (SSSR count). The van der Waals surface area contributed by atoms with E-state index in [-0.39, 0.29) is 5.91 Å². The van der Waals surface area contributed by atoms with E-state index >= 15 is 0 Å². The average Bonchev–Trinajstić information content (AvgIpc) is 2.98. The second-order valence-corrected chi connectivity index (χ2v) is 5.12. The van der Waals surface area contributed by atoms with Crippen LogP contribution in [0.15, 0.2) is 6.20 Å². The van der Waals surface area contributed by atoms with Gasteiger partial charge in [0.1, 0.15) is 0 Å². The first-order valence-electron chi connectivity index (χ1n) is 7.14. The van der Waals surface area contributed by atoms with E-state index in [0.29, 0.717) is 17.7 Å². The minimum absolute atomic E-state index is 0.0128. The number of carbonyl (C=O) groups excluding carboxylic acids is 1. The molecule has 106 valence electrons. The highest BCUT2D eigenvalue weighted by Gasteiger charge is 2.31. The standard InChI is InChI=1S/C13H23N5O/c1-3-6-14-11-5-7-18(9-10(11)4-2)13(19)12-8-15-17-16-12/h8,10-11,14H,3-7,9H2,1-2H3,(H,15,16,17). The molecule has 2 N–H and O–H groups in total. The van der Waals surface area contributed by atoms with Gasteiger partial charge in [0.15, 0.2) is 5.69 Å². The number of hydrogen-bond acceptors (Lipinski definition) is 4. The zero-order chi connectivity index (χ0) is 13.7. The number of hydrogen-bond donors (Lipinski definition) is 2. The minimum atomic E-state index is -0.0128. The van der Waals surface area contributed by atoms with E-state index in [0.717, 1.165) is 38.9 Å². The van der Waals surface area contributed by atoms with E-state index in [1.54, 1.807) is 0 Å². The van der Waals surface area contributed by atoms with Crippen LogP contribution in [-0.4, -0.2) is 51.9 Å². The van der Waals surface area contributed by atoms with E-state index in [1.807, 2.05) is 4.90 Å². The number of nitrogens with zero attached hydrogens (tertiary/aromatic N) is 3. The first-order chi connectivity index (χ1) is 9.26. The summed E-state index contributed by atoms with van der Waals surface area (Å²) in [5.41, 5.74) is 0.412. The number of aromatic amines is 1. The molecular weight excluding hydrogens is 242 g/mol. The third kappa shape index (κ3) is 3.32. The SMILES string of the molecule is CCCNC1CCN(C(=O)c2cn[nH]n2)CC1CC. The van der Waals surface area contributed by atoms with Crippen molar-refractivity contribution in [2.24, 2.45) is 5.92 Å². The largest absolute Gasteiger partial charge is 0.337 e. The average molecular weight is 265 g/mol. The predicted molar refractivity (Wildman–Crippen MR) is 72.8 cm³/mol. The molecular formula is C13H23N5O. The second-order valence-electron chi connectivity index (χ2n) is 5.12. The van der Waals surface area contributed by atoms with Gasteiger partial charge in [0.2, 0.25) is 0 Å². The van der Waals surface area contributed by atoms with Crippen molar-refractivity contribution in [2.45, 2.75) is 39.2 Å². The summed E-state index contributed by atoms with van der Waals surface area (Å²) in [6.07, 6.45) is 4.74. The summed E-state index contributed by atoms with van der Waals surface area (Å²) in [5.74, 6) is 0.511. The lowest BCUT2D eigenvalue weighted by Gasteiger charge is -2.38. The van der Waals surface area contributed by atoms with Crippen LogP contribution in [0.1, 0.15) is 43.6 Å². The number of nitrogens with one attached hydrogen (secondary N) is 2. The fourth-order valence-corrected chi connectivity index (χ4v) is 2.70. The van der Waals surface area contributed by atoms with Crippen LogP contribution < -0.4 is 5.32 Å². The molecule has 0 spiro atoms. The number of carbonyl (C=O) groups is 1. The van der Waals surface area contributed by atoms with Gasteiger partial charge in [-0.05, 0) is 25.3 Å². The molecule has 0 aliphatic carbocycles. The second kappa shape index (κ2) is 6.65. The summed E-state index contributed by atoms with van der Waals surface area (Å²) in [4.78, 5) is 14.1. The van der Waals surface area contributed by atoms with Crippen molar-refractivity contribution in [2.75, 3.05) is 19.6 Å². The van der Waals surface area contributed by atoms with E-state index in [2.05, 4.69) is 34.6 Å². The smallest absolute Gasteiger partial charge is 0.276 e. The highest BCUT2D eigenvalue weighted by atomic mass is 16.2. The van der Waals surface area contributed by atoms with Crippen molar-refractivity contribution in [3.63, 3.8) is 0 Å².